The van der Waals surface area contributed by atoms with Crippen molar-refractivity contribution in [3.63, 3.8) is 0 Å². The zero-order chi connectivity index (χ0) is 10.8. The molecule has 0 radical (unpaired) electrons. The molecular formula is C11H12IN3. The number of rotatable bonds is 2. The highest BCUT2D eigenvalue weighted by atomic mass is 127. The molecule has 0 aliphatic carbocycles. The van der Waals surface area contributed by atoms with Crippen molar-refractivity contribution in [2.24, 2.45) is 0 Å². The molecule has 0 aliphatic rings. The van der Waals surface area contributed by atoms with E-state index in [9.17, 15) is 0 Å². The number of aromatic nitrogens is 3. The fourth-order valence-corrected chi connectivity index (χ4v) is 2.16. The maximum Gasteiger partial charge on any atom is 0.124 e. The van der Waals surface area contributed by atoms with Gasteiger partial charge in [-0.15, -0.1) is 0 Å². The molecule has 0 saturated carbocycles. The second kappa shape index (κ2) is 4.30. The zero-order valence-electron chi connectivity index (χ0n) is 8.74. The van der Waals surface area contributed by atoms with Gasteiger partial charge in [0.1, 0.15) is 5.69 Å². The summed E-state index contributed by atoms with van der Waals surface area (Å²) in [5.41, 5.74) is 3.13. The first-order chi connectivity index (χ1) is 7.24. The van der Waals surface area contributed by atoms with Crippen LogP contribution in [0.3, 0.4) is 0 Å². The van der Waals surface area contributed by atoms with E-state index in [0.29, 0.717) is 0 Å². The van der Waals surface area contributed by atoms with Gasteiger partial charge in [0, 0.05) is 18.4 Å². The lowest BCUT2D eigenvalue weighted by molar-refractivity contribution is 0.641. The van der Waals surface area contributed by atoms with Crippen molar-refractivity contribution in [2.75, 3.05) is 0 Å². The van der Waals surface area contributed by atoms with Crippen LogP contribution in [-0.2, 0) is 6.54 Å². The predicted molar refractivity (Wildman–Crippen MR) is 68.6 cm³/mol. The standard InChI is InChI=1S/C11H12IN3/c1-3-15-8(2)10(12)11(14-15)9-6-4-5-7-13-9/h4-7H,3H2,1-2H3. The third-order valence-corrected chi connectivity index (χ3v) is 3.63. The van der Waals surface area contributed by atoms with Crippen LogP contribution in [-0.4, -0.2) is 14.8 Å². The second-order valence-electron chi connectivity index (χ2n) is 3.28. The minimum atomic E-state index is 0.897. The molecule has 0 unspecified atom stereocenters. The Bertz CT molecular complexity index is 462. The molecule has 2 aromatic rings. The van der Waals surface area contributed by atoms with Crippen LogP contribution in [0.15, 0.2) is 24.4 Å². The topological polar surface area (TPSA) is 30.7 Å². The summed E-state index contributed by atoms with van der Waals surface area (Å²) in [6, 6.07) is 5.89. The summed E-state index contributed by atoms with van der Waals surface area (Å²) in [4.78, 5) is 4.32. The summed E-state index contributed by atoms with van der Waals surface area (Å²) in [6.07, 6.45) is 1.80. The Labute approximate surface area is 103 Å². The van der Waals surface area contributed by atoms with Crippen LogP contribution in [0.5, 0.6) is 0 Å². The zero-order valence-corrected chi connectivity index (χ0v) is 10.9. The molecular weight excluding hydrogens is 301 g/mol. The summed E-state index contributed by atoms with van der Waals surface area (Å²) in [5, 5.41) is 4.54. The first-order valence-corrected chi connectivity index (χ1v) is 5.96. The van der Waals surface area contributed by atoms with E-state index in [1.807, 2.05) is 22.9 Å². The Balaban J connectivity index is 2.55. The highest BCUT2D eigenvalue weighted by Crippen LogP contribution is 2.24. The SMILES string of the molecule is CCn1nc(-c2ccccn2)c(I)c1C. The van der Waals surface area contributed by atoms with E-state index < -0.39 is 0 Å². The minimum absolute atomic E-state index is 0.897. The summed E-state index contributed by atoms with van der Waals surface area (Å²) in [7, 11) is 0. The van der Waals surface area contributed by atoms with Crippen molar-refractivity contribution >= 4 is 22.6 Å². The molecule has 15 heavy (non-hydrogen) atoms. The lowest BCUT2D eigenvalue weighted by Crippen LogP contribution is -1.98. The third-order valence-electron chi connectivity index (χ3n) is 2.34. The van der Waals surface area contributed by atoms with Crippen molar-refractivity contribution in [1.29, 1.82) is 0 Å². The molecule has 78 valence electrons. The molecule has 0 aromatic carbocycles. The predicted octanol–water partition coefficient (Wildman–Crippen LogP) is 2.88. The molecule has 3 nitrogen and oxygen atoms in total. The van der Waals surface area contributed by atoms with Crippen LogP contribution < -0.4 is 0 Å². The van der Waals surface area contributed by atoms with E-state index in [2.05, 4.69) is 46.5 Å². The van der Waals surface area contributed by atoms with Gasteiger partial charge in [-0.3, -0.25) is 9.67 Å². The molecule has 0 atom stereocenters. The fourth-order valence-electron chi connectivity index (χ4n) is 1.50. The number of halogens is 1. The van der Waals surface area contributed by atoms with Crippen LogP contribution in [0, 0.1) is 10.5 Å². The summed E-state index contributed by atoms with van der Waals surface area (Å²) >= 11 is 2.33. The molecule has 0 fully saturated rings. The van der Waals surface area contributed by atoms with Gasteiger partial charge >= 0.3 is 0 Å². The smallest absolute Gasteiger partial charge is 0.124 e. The Morgan fingerprint density at radius 2 is 2.20 bits per heavy atom. The minimum Gasteiger partial charge on any atom is -0.268 e. The molecule has 0 bridgehead atoms. The van der Waals surface area contributed by atoms with E-state index in [0.717, 1.165) is 17.9 Å². The van der Waals surface area contributed by atoms with Crippen molar-refractivity contribution in [3.05, 3.63) is 33.7 Å². The van der Waals surface area contributed by atoms with Gasteiger partial charge in [0.25, 0.3) is 0 Å². The van der Waals surface area contributed by atoms with Crippen LogP contribution in [0.4, 0.5) is 0 Å². The number of hydrogen-bond acceptors (Lipinski definition) is 2. The van der Waals surface area contributed by atoms with Gasteiger partial charge < -0.3 is 0 Å². The molecule has 2 aromatic heterocycles. The van der Waals surface area contributed by atoms with Crippen LogP contribution in [0.1, 0.15) is 12.6 Å². The monoisotopic (exact) mass is 313 g/mol. The maximum atomic E-state index is 4.54. The number of nitrogens with zero attached hydrogens (tertiary/aromatic N) is 3. The second-order valence-corrected chi connectivity index (χ2v) is 4.36. The summed E-state index contributed by atoms with van der Waals surface area (Å²) < 4.78 is 3.19. The molecule has 0 spiro atoms. The highest BCUT2D eigenvalue weighted by molar-refractivity contribution is 14.1. The number of hydrogen-bond donors (Lipinski definition) is 0. The van der Waals surface area contributed by atoms with Crippen LogP contribution in [0.2, 0.25) is 0 Å². The first-order valence-electron chi connectivity index (χ1n) is 4.88. The average molecular weight is 313 g/mol. The van der Waals surface area contributed by atoms with Crippen molar-refractivity contribution in [2.45, 2.75) is 20.4 Å². The quantitative estimate of drug-likeness (QED) is 0.798. The molecule has 0 aliphatic heterocycles. The maximum absolute atomic E-state index is 4.54. The fraction of sp³-hybridized carbons (Fsp3) is 0.273. The largest absolute Gasteiger partial charge is 0.268 e. The Morgan fingerprint density at radius 1 is 1.40 bits per heavy atom. The van der Waals surface area contributed by atoms with E-state index in [-0.39, 0.29) is 0 Å². The average Bonchev–Trinajstić information content (AvgIpc) is 2.57. The summed E-state index contributed by atoms with van der Waals surface area (Å²) in [5.74, 6) is 0. The van der Waals surface area contributed by atoms with Gasteiger partial charge in [-0.2, -0.15) is 5.10 Å². The lowest BCUT2D eigenvalue weighted by Gasteiger charge is -1.96. The number of aryl methyl sites for hydroxylation is 1. The van der Waals surface area contributed by atoms with Gasteiger partial charge in [0.05, 0.1) is 9.26 Å². The first kappa shape index (κ1) is 10.6. The van der Waals surface area contributed by atoms with Crippen molar-refractivity contribution in [1.82, 2.24) is 14.8 Å². The molecule has 2 heterocycles. The number of pyridine rings is 1. The highest BCUT2D eigenvalue weighted by Gasteiger charge is 2.13. The Morgan fingerprint density at radius 3 is 2.73 bits per heavy atom. The van der Waals surface area contributed by atoms with Crippen LogP contribution >= 0.6 is 22.6 Å². The van der Waals surface area contributed by atoms with Crippen molar-refractivity contribution < 1.29 is 0 Å². The Kier molecular flexibility index (Phi) is 3.04. The van der Waals surface area contributed by atoms with Gasteiger partial charge in [-0.1, -0.05) is 6.07 Å². The van der Waals surface area contributed by atoms with Gasteiger partial charge in [0.2, 0.25) is 0 Å². The third kappa shape index (κ3) is 1.90. The van der Waals surface area contributed by atoms with E-state index >= 15 is 0 Å². The molecule has 4 heteroatoms. The van der Waals surface area contributed by atoms with E-state index in [1.165, 1.54) is 9.26 Å². The molecule has 0 saturated heterocycles. The van der Waals surface area contributed by atoms with Gasteiger partial charge in [-0.25, -0.2) is 0 Å². The molecule has 2 rings (SSSR count). The summed E-state index contributed by atoms with van der Waals surface area (Å²) in [6.45, 7) is 5.08. The van der Waals surface area contributed by atoms with E-state index in [1.54, 1.807) is 6.20 Å². The van der Waals surface area contributed by atoms with Crippen LogP contribution in [0.25, 0.3) is 11.4 Å². The van der Waals surface area contributed by atoms with Gasteiger partial charge in [-0.05, 0) is 48.6 Å². The van der Waals surface area contributed by atoms with E-state index in [4.69, 9.17) is 0 Å². The normalized spacial score (nSPS) is 10.6. The van der Waals surface area contributed by atoms with Gasteiger partial charge in [0.15, 0.2) is 0 Å². The molecule has 0 N–H and O–H groups in total. The lowest BCUT2D eigenvalue weighted by atomic mass is 10.2. The van der Waals surface area contributed by atoms with Crippen molar-refractivity contribution in [3.8, 4) is 11.4 Å². The molecule has 0 amide bonds. The Hall–Kier alpha value is -0.910.